The fourth-order valence-electron chi connectivity index (χ4n) is 2.68. The summed E-state index contributed by atoms with van der Waals surface area (Å²) >= 11 is 0. The lowest BCUT2D eigenvalue weighted by Gasteiger charge is -2.10. The fourth-order valence-corrected chi connectivity index (χ4v) is 3.73. The highest BCUT2D eigenvalue weighted by Crippen LogP contribution is 2.25. The normalized spacial score (nSPS) is 11.1. The van der Waals surface area contributed by atoms with Gasteiger partial charge in [0.25, 0.3) is 10.0 Å². The summed E-state index contributed by atoms with van der Waals surface area (Å²) in [5.41, 5.74) is 3.87. The van der Waals surface area contributed by atoms with Gasteiger partial charge in [0, 0.05) is 5.69 Å². The van der Waals surface area contributed by atoms with Gasteiger partial charge in [0.15, 0.2) is 0 Å². The smallest absolute Gasteiger partial charge is 0.307 e. The van der Waals surface area contributed by atoms with E-state index in [1.54, 1.807) is 54.6 Å². The molecule has 6 heteroatoms. The minimum absolute atomic E-state index is 0.0311. The molecule has 0 aliphatic rings. The fraction of sp³-hybridized carbons (Fsp3) is 0.0952. The van der Waals surface area contributed by atoms with Crippen LogP contribution in [0.2, 0.25) is 0 Å². The second-order valence-electron chi connectivity index (χ2n) is 6.27. The van der Waals surface area contributed by atoms with Gasteiger partial charge in [-0.2, -0.15) is 0 Å². The van der Waals surface area contributed by atoms with Gasteiger partial charge in [-0.3, -0.25) is 9.52 Å². The zero-order chi connectivity index (χ0) is 19.4. The molecule has 0 heterocycles. The van der Waals surface area contributed by atoms with E-state index in [0.717, 1.165) is 16.7 Å². The van der Waals surface area contributed by atoms with E-state index in [1.807, 2.05) is 25.1 Å². The molecular weight excluding hydrogens is 362 g/mol. The number of sulfonamides is 1. The molecule has 0 bridgehead atoms. The summed E-state index contributed by atoms with van der Waals surface area (Å²) < 4.78 is 27.7. The van der Waals surface area contributed by atoms with E-state index in [9.17, 15) is 13.2 Å². The molecule has 5 nitrogen and oxygen atoms in total. The molecule has 0 atom stereocenters. The monoisotopic (exact) mass is 381 g/mol. The van der Waals surface area contributed by atoms with Gasteiger partial charge in [0.1, 0.15) is 0 Å². The van der Waals surface area contributed by atoms with Crippen LogP contribution < -0.4 is 4.72 Å². The number of anilines is 1. The van der Waals surface area contributed by atoms with E-state index >= 15 is 0 Å². The number of rotatable bonds is 6. The first-order valence-electron chi connectivity index (χ1n) is 8.34. The average Bonchev–Trinajstić information content (AvgIpc) is 2.62. The molecule has 0 saturated heterocycles. The van der Waals surface area contributed by atoms with Gasteiger partial charge in [-0.15, -0.1) is 0 Å². The van der Waals surface area contributed by atoms with Crippen molar-refractivity contribution in [2.75, 3.05) is 4.72 Å². The highest BCUT2D eigenvalue weighted by molar-refractivity contribution is 7.92. The van der Waals surface area contributed by atoms with Crippen molar-refractivity contribution in [3.8, 4) is 11.1 Å². The highest BCUT2D eigenvalue weighted by atomic mass is 32.2. The van der Waals surface area contributed by atoms with Gasteiger partial charge in [-0.1, -0.05) is 54.1 Å². The Kier molecular flexibility index (Phi) is 5.28. The zero-order valence-corrected chi connectivity index (χ0v) is 15.5. The Morgan fingerprint density at radius 3 is 2.22 bits per heavy atom. The van der Waals surface area contributed by atoms with E-state index in [-0.39, 0.29) is 11.3 Å². The molecule has 3 rings (SSSR count). The van der Waals surface area contributed by atoms with E-state index in [1.165, 1.54) is 0 Å². The molecule has 0 aliphatic carbocycles. The van der Waals surface area contributed by atoms with Gasteiger partial charge >= 0.3 is 5.97 Å². The summed E-state index contributed by atoms with van der Waals surface area (Å²) in [7, 11) is -3.66. The number of nitrogens with one attached hydrogen (secondary N) is 1. The number of aliphatic carboxylic acids is 1. The second-order valence-corrected chi connectivity index (χ2v) is 7.95. The molecule has 0 saturated carbocycles. The van der Waals surface area contributed by atoms with Crippen LogP contribution in [-0.2, 0) is 21.2 Å². The van der Waals surface area contributed by atoms with Crippen LogP contribution >= 0.6 is 0 Å². The van der Waals surface area contributed by atoms with Crippen LogP contribution in [0, 0.1) is 6.92 Å². The van der Waals surface area contributed by atoms with Crippen LogP contribution in [0.15, 0.2) is 77.7 Å². The lowest BCUT2D eigenvalue weighted by Crippen LogP contribution is -2.12. The minimum Gasteiger partial charge on any atom is -0.481 e. The Bertz CT molecular complexity index is 1060. The number of benzene rings is 3. The van der Waals surface area contributed by atoms with E-state index in [2.05, 4.69) is 4.72 Å². The lowest BCUT2D eigenvalue weighted by molar-refractivity contribution is -0.136. The Hall–Kier alpha value is -3.12. The van der Waals surface area contributed by atoms with Crippen molar-refractivity contribution in [2.24, 2.45) is 0 Å². The summed E-state index contributed by atoms with van der Waals surface area (Å²) in [6.45, 7) is 1.90. The van der Waals surface area contributed by atoms with Crippen molar-refractivity contribution in [1.29, 1.82) is 0 Å². The Balaban J connectivity index is 1.83. The number of carboxylic acids is 1. The highest BCUT2D eigenvalue weighted by Gasteiger charge is 2.14. The van der Waals surface area contributed by atoms with Crippen LogP contribution in [0.25, 0.3) is 11.1 Å². The SMILES string of the molecule is Cc1ccc(S(=O)(=O)Nc2cccc(-c3ccc(CC(=O)O)cc3)c2)cc1. The first-order valence-corrected chi connectivity index (χ1v) is 9.82. The third-order valence-corrected chi connectivity index (χ3v) is 5.49. The van der Waals surface area contributed by atoms with Gasteiger partial charge in [0.2, 0.25) is 0 Å². The molecule has 27 heavy (non-hydrogen) atoms. The quantitative estimate of drug-likeness (QED) is 0.674. The maximum atomic E-state index is 12.5. The van der Waals surface area contributed by atoms with Crippen LogP contribution in [0.3, 0.4) is 0 Å². The molecule has 0 spiro atoms. The maximum Gasteiger partial charge on any atom is 0.307 e. The molecule has 3 aromatic carbocycles. The summed E-state index contributed by atoms with van der Waals surface area (Å²) in [6, 6.07) is 20.9. The molecule has 138 valence electrons. The summed E-state index contributed by atoms with van der Waals surface area (Å²) in [5.74, 6) is -0.879. The number of hydrogen-bond donors (Lipinski definition) is 2. The molecule has 0 aromatic heterocycles. The summed E-state index contributed by atoms with van der Waals surface area (Å²) in [5, 5.41) is 8.84. The second kappa shape index (κ2) is 7.63. The first-order chi connectivity index (χ1) is 12.8. The Morgan fingerprint density at radius 1 is 0.926 bits per heavy atom. The molecule has 0 radical (unpaired) electrons. The lowest BCUT2D eigenvalue weighted by atomic mass is 10.0. The predicted molar refractivity (Wildman–Crippen MR) is 105 cm³/mol. The van der Waals surface area contributed by atoms with Crippen molar-refractivity contribution in [2.45, 2.75) is 18.2 Å². The zero-order valence-electron chi connectivity index (χ0n) is 14.7. The number of aryl methyl sites for hydroxylation is 1. The van der Waals surface area contributed by atoms with Crippen molar-refractivity contribution in [3.63, 3.8) is 0 Å². The number of carbonyl (C=O) groups is 1. The van der Waals surface area contributed by atoms with Crippen LogP contribution in [0.1, 0.15) is 11.1 Å². The standard InChI is InChI=1S/C21H19NO4S/c1-15-5-11-20(12-6-15)27(25,26)22-19-4-2-3-18(14-19)17-9-7-16(8-10-17)13-21(23)24/h2-12,14,22H,13H2,1H3,(H,23,24). The molecule has 3 aromatic rings. The van der Waals surface area contributed by atoms with E-state index < -0.39 is 16.0 Å². The van der Waals surface area contributed by atoms with Crippen molar-refractivity contribution < 1.29 is 18.3 Å². The molecule has 0 aliphatic heterocycles. The van der Waals surface area contributed by atoms with Crippen LogP contribution in [-0.4, -0.2) is 19.5 Å². The van der Waals surface area contributed by atoms with Gasteiger partial charge < -0.3 is 5.11 Å². The molecule has 0 amide bonds. The predicted octanol–water partition coefficient (Wildman–Crippen LogP) is 4.09. The Labute approximate surface area is 158 Å². The van der Waals surface area contributed by atoms with Gasteiger partial charge in [-0.05, 0) is 47.9 Å². The van der Waals surface area contributed by atoms with Crippen molar-refractivity contribution in [3.05, 3.63) is 83.9 Å². The third kappa shape index (κ3) is 4.74. The minimum atomic E-state index is -3.66. The summed E-state index contributed by atoms with van der Waals surface area (Å²) in [4.78, 5) is 11.0. The van der Waals surface area contributed by atoms with Crippen LogP contribution in [0.5, 0.6) is 0 Å². The molecular formula is C21H19NO4S. The number of carboxylic acid groups (broad SMARTS) is 1. The van der Waals surface area contributed by atoms with Gasteiger partial charge in [-0.25, -0.2) is 8.42 Å². The average molecular weight is 381 g/mol. The first kappa shape index (κ1) is 18.7. The number of hydrogen-bond acceptors (Lipinski definition) is 3. The van der Waals surface area contributed by atoms with Gasteiger partial charge in [0.05, 0.1) is 11.3 Å². The van der Waals surface area contributed by atoms with Crippen LogP contribution in [0.4, 0.5) is 5.69 Å². The maximum absolute atomic E-state index is 12.5. The summed E-state index contributed by atoms with van der Waals surface area (Å²) in [6.07, 6.45) is -0.0311. The third-order valence-electron chi connectivity index (χ3n) is 4.09. The van der Waals surface area contributed by atoms with Crippen molar-refractivity contribution >= 4 is 21.7 Å². The molecule has 0 fully saturated rings. The van der Waals surface area contributed by atoms with Crippen molar-refractivity contribution in [1.82, 2.24) is 0 Å². The van der Waals surface area contributed by atoms with E-state index in [0.29, 0.717) is 11.3 Å². The Morgan fingerprint density at radius 2 is 1.59 bits per heavy atom. The van der Waals surface area contributed by atoms with E-state index in [4.69, 9.17) is 5.11 Å². The topological polar surface area (TPSA) is 83.5 Å². The largest absolute Gasteiger partial charge is 0.481 e. The molecule has 2 N–H and O–H groups in total. The molecule has 0 unspecified atom stereocenters.